The highest BCUT2D eigenvalue weighted by molar-refractivity contribution is 7.12. The van der Waals surface area contributed by atoms with Gasteiger partial charge in [0.2, 0.25) is 6.10 Å². The third-order valence-electron chi connectivity index (χ3n) is 3.78. The van der Waals surface area contributed by atoms with E-state index in [1.54, 1.807) is 41.8 Å². The average molecular weight is 403 g/mol. The van der Waals surface area contributed by atoms with E-state index in [9.17, 15) is 19.2 Å². The normalized spacial score (nSPS) is 14.8. The van der Waals surface area contributed by atoms with Gasteiger partial charge >= 0.3 is 5.97 Å². The van der Waals surface area contributed by atoms with Crippen LogP contribution in [-0.2, 0) is 19.1 Å². The summed E-state index contributed by atoms with van der Waals surface area (Å²) in [7, 11) is 0. The highest BCUT2D eigenvalue weighted by Crippen LogP contribution is 2.30. The number of rotatable bonds is 7. The molecule has 1 aliphatic rings. The second kappa shape index (κ2) is 9.14. The summed E-state index contributed by atoms with van der Waals surface area (Å²) in [6, 6.07) is 10.3. The SMILES string of the molecule is O=C(COC(=O)CCC(=O)c1cccs1)NC(=O)[C@H]1COc2ccccc2O1. The van der Waals surface area contributed by atoms with E-state index in [1.807, 2.05) is 0 Å². The maximum atomic E-state index is 12.1. The number of carbonyl (C=O) groups excluding carboxylic acids is 4. The number of hydrogen-bond acceptors (Lipinski definition) is 8. The molecule has 1 aromatic heterocycles. The van der Waals surface area contributed by atoms with Gasteiger partial charge in [-0.1, -0.05) is 18.2 Å². The molecule has 9 heteroatoms. The van der Waals surface area contributed by atoms with E-state index in [0.29, 0.717) is 16.4 Å². The number of benzene rings is 1. The van der Waals surface area contributed by atoms with Gasteiger partial charge in [0.15, 0.2) is 23.9 Å². The summed E-state index contributed by atoms with van der Waals surface area (Å²) >= 11 is 1.29. The number of Topliss-reactive ketones (excluding diaryl/α,β-unsaturated/α-hetero) is 1. The van der Waals surface area contributed by atoms with Crippen molar-refractivity contribution in [3.8, 4) is 11.5 Å². The van der Waals surface area contributed by atoms with Crippen molar-refractivity contribution in [2.45, 2.75) is 18.9 Å². The van der Waals surface area contributed by atoms with Gasteiger partial charge in [0, 0.05) is 6.42 Å². The van der Waals surface area contributed by atoms with Crippen LogP contribution in [0.5, 0.6) is 11.5 Å². The van der Waals surface area contributed by atoms with Crippen LogP contribution in [0.2, 0.25) is 0 Å². The van der Waals surface area contributed by atoms with Crippen LogP contribution in [-0.4, -0.2) is 42.9 Å². The number of ketones is 1. The molecule has 0 saturated heterocycles. The number of esters is 1. The van der Waals surface area contributed by atoms with Crippen molar-refractivity contribution in [1.29, 1.82) is 0 Å². The molecule has 1 aromatic carbocycles. The molecule has 2 amide bonds. The standard InChI is InChI=1S/C19H17NO7S/c21-12(16-6-3-9-28-16)7-8-18(23)26-11-17(22)20-19(24)15-10-25-13-4-1-2-5-14(13)27-15/h1-6,9,15H,7-8,10-11H2,(H,20,22,24)/t15-/m1/s1. The minimum Gasteiger partial charge on any atom is -0.485 e. The number of imide groups is 1. The highest BCUT2D eigenvalue weighted by atomic mass is 32.1. The number of thiophene rings is 1. The van der Waals surface area contributed by atoms with Crippen LogP contribution in [0.1, 0.15) is 22.5 Å². The molecule has 0 unspecified atom stereocenters. The van der Waals surface area contributed by atoms with Crippen molar-refractivity contribution in [3.05, 3.63) is 46.7 Å². The number of fused-ring (bicyclic) bond motifs is 1. The zero-order chi connectivity index (χ0) is 19.9. The fraction of sp³-hybridized carbons (Fsp3) is 0.263. The molecule has 146 valence electrons. The zero-order valence-corrected chi connectivity index (χ0v) is 15.5. The molecule has 0 bridgehead atoms. The van der Waals surface area contributed by atoms with Gasteiger partial charge < -0.3 is 14.2 Å². The Morgan fingerprint density at radius 2 is 1.86 bits per heavy atom. The molecule has 3 rings (SSSR count). The topological polar surface area (TPSA) is 108 Å². The lowest BCUT2D eigenvalue weighted by Crippen LogP contribution is -2.47. The van der Waals surface area contributed by atoms with Gasteiger partial charge in [0.05, 0.1) is 11.3 Å². The van der Waals surface area contributed by atoms with Gasteiger partial charge in [0.25, 0.3) is 11.8 Å². The molecular formula is C19H17NO7S. The summed E-state index contributed by atoms with van der Waals surface area (Å²) in [5.74, 6) is -1.42. The minimum absolute atomic E-state index is 0.00738. The molecule has 1 atom stereocenters. The van der Waals surface area contributed by atoms with Gasteiger partial charge in [-0.15, -0.1) is 11.3 Å². The molecule has 2 aromatic rings. The van der Waals surface area contributed by atoms with Crippen LogP contribution in [0, 0.1) is 0 Å². The number of ether oxygens (including phenoxy) is 3. The van der Waals surface area contributed by atoms with E-state index in [-0.39, 0.29) is 25.2 Å². The smallest absolute Gasteiger partial charge is 0.306 e. The average Bonchev–Trinajstić information content (AvgIpc) is 3.25. The Kier molecular flexibility index (Phi) is 6.38. The molecule has 0 radical (unpaired) electrons. The van der Waals surface area contributed by atoms with Gasteiger partial charge in [-0.05, 0) is 23.6 Å². The lowest BCUT2D eigenvalue weighted by molar-refractivity contribution is -0.150. The lowest BCUT2D eigenvalue weighted by Gasteiger charge is -2.25. The highest BCUT2D eigenvalue weighted by Gasteiger charge is 2.28. The van der Waals surface area contributed by atoms with Crippen molar-refractivity contribution in [1.82, 2.24) is 5.32 Å². The summed E-state index contributed by atoms with van der Waals surface area (Å²) in [5, 5.41) is 3.87. The van der Waals surface area contributed by atoms with Crippen LogP contribution in [0.4, 0.5) is 0 Å². The molecule has 0 spiro atoms. The zero-order valence-electron chi connectivity index (χ0n) is 14.7. The number of amides is 2. The van der Waals surface area contributed by atoms with Crippen molar-refractivity contribution in [2.75, 3.05) is 13.2 Å². The number of nitrogens with one attached hydrogen (secondary N) is 1. The Bertz CT molecular complexity index is 878. The van der Waals surface area contributed by atoms with E-state index in [4.69, 9.17) is 14.2 Å². The first-order valence-corrected chi connectivity index (χ1v) is 9.35. The van der Waals surface area contributed by atoms with E-state index in [1.165, 1.54) is 11.3 Å². The first kappa shape index (κ1) is 19.6. The Morgan fingerprint density at radius 3 is 2.61 bits per heavy atom. The van der Waals surface area contributed by atoms with E-state index < -0.39 is 30.5 Å². The van der Waals surface area contributed by atoms with Crippen molar-refractivity contribution in [3.63, 3.8) is 0 Å². The van der Waals surface area contributed by atoms with E-state index in [2.05, 4.69) is 5.32 Å². The molecule has 1 N–H and O–H groups in total. The Hall–Kier alpha value is -3.20. The van der Waals surface area contributed by atoms with Crippen LogP contribution < -0.4 is 14.8 Å². The summed E-state index contributed by atoms with van der Waals surface area (Å²) in [5.41, 5.74) is 0. The van der Waals surface area contributed by atoms with E-state index in [0.717, 1.165) is 0 Å². The molecule has 2 heterocycles. The van der Waals surface area contributed by atoms with Crippen molar-refractivity contribution in [2.24, 2.45) is 0 Å². The fourth-order valence-corrected chi connectivity index (χ4v) is 3.09. The molecule has 28 heavy (non-hydrogen) atoms. The molecule has 0 aliphatic carbocycles. The van der Waals surface area contributed by atoms with Crippen LogP contribution in [0.25, 0.3) is 0 Å². The Balaban J connectivity index is 1.37. The molecule has 8 nitrogen and oxygen atoms in total. The van der Waals surface area contributed by atoms with E-state index >= 15 is 0 Å². The minimum atomic E-state index is -0.988. The van der Waals surface area contributed by atoms with Gasteiger partial charge in [-0.2, -0.15) is 0 Å². The maximum Gasteiger partial charge on any atom is 0.306 e. The van der Waals surface area contributed by atoms with Gasteiger partial charge in [0.1, 0.15) is 6.61 Å². The Morgan fingerprint density at radius 1 is 1.07 bits per heavy atom. The molecule has 1 aliphatic heterocycles. The molecule has 0 fully saturated rings. The summed E-state index contributed by atoms with van der Waals surface area (Å²) in [4.78, 5) is 47.9. The van der Waals surface area contributed by atoms with Crippen molar-refractivity contribution >= 4 is 34.9 Å². The summed E-state index contributed by atoms with van der Waals surface area (Å²) in [6.07, 6.45) is -1.14. The first-order valence-electron chi connectivity index (χ1n) is 8.47. The quantitative estimate of drug-likeness (QED) is 0.554. The molecule has 0 saturated carbocycles. The lowest BCUT2D eigenvalue weighted by atomic mass is 10.2. The predicted molar refractivity (Wildman–Crippen MR) is 98.3 cm³/mol. The predicted octanol–water partition coefficient (Wildman–Crippen LogP) is 1.74. The Labute approximate surface area is 164 Å². The second-order valence-electron chi connectivity index (χ2n) is 5.84. The fourth-order valence-electron chi connectivity index (χ4n) is 2.40. The maximum absolute atomic E-state index is 12.1. The first-order chi connectivity index (χ1) is 13.5. The van der Waals surface area contributed by atoms with Crippen LogP contribution >= 0.6 is 11.3 Å². The van der Waals surface area contributed by atoms with Crippen molar-refractivity contribution < 1.29 is 33.4 Å². The number of hydrogen-bond donors (Lipinski definition) is 1. The monoisotopic (exact) mass is 403 g/mol. The summed E-state index contributed by atoms with van der Waals surface area (Å²) < 4.78 is 15.7. The number of para-hydroxylation sites is 2. The van der Waals surface area contributed by atoms with Crippen LogP contribution in [0.15, 0.2) is 41.8 Å². The van der Waals surface area contributed by atoms with Gasteiger partial charge in [-0.3, -0.25) is 24.5 Å². The van der Waals surface area contributed by atoms with Crippen LogP contribution in [0.3, 0.4) is 0 Å². The number of carbonyl (C=O) groups is 4. The third-order valence-corrected chi connectivity index (χ3v) is 4.69. The molecular weight excluding hydrogens is 386 g/mol. The largest absolute Gasteiger partial charge is 0.485 e. The second-order valence-corrected chi connectivity index (χ2v) is 6.79. The third kappa shape index (κ3) is 5.17. The van der Waals surface area contributed by atoms with Gasteiger partial charge in [-0.25, -0.2) is 0 Å². The summed E-state index contributed by atoms with van der Waals surface area (Å²) in [6.45, 7) is -0.664.